The average molecular weight is 272 g/mol. The predicted molar refractivity (Wildman–Crippen MR) is 62.9 cm³/mol. The van der Waals surface area contributed by atoms with Crippen molar-refractivity contribution in [1.29, 1.82) is 0 Å². The Hall–Kier alpha value is -1.47. The van der Waals surface area contributed by atoms with E-state index in [0.717, 1.165) is 10.4 Å². The van der Waals surface area contributed by atoms with Gasteiger partial charge >= 0.3 is 0 Å². The molecular formula is C11H13FN2O3S. The van der Waals surface area contributed by atoms with Gasteiger partial charge in [0.05, 0.1) is 6.54 Å². The fourth-order valence-corrected chi connectivity index (χ4v) is 3.31. The average Bonchev–Trinajstić information content (AvgIpc) is 2.32. The van der Waals surface area contributed by atoms with Crippen molar-refractivity contribution in [2.24, 2.45) is 0 Å². The van der Waals surface area contributed by atoms with Crippen molar-refractivity contribution in [2.45, 2.75) is 11.8 Å². The summed E-state index contributed by atoms with van der Waals surface area (Å²) >= 11 is 0. The first kappa shape index (κ1) is 13.0. The Morgan fingerprint density at radius 2 is 2.11 bits per heavy atom. The summed E-state index contributed by atoms with van der Waals surface area (Å²) in [5, 5.41) is 2.52. The van der Waals surface area contributed by atoms with Crippen molar-refractivity contribution in [3.63, 3.8) is 0 Å². The van der Waals surface area contributed by atoms with Gasteiger partial charge in [0.2, 0.25) is 15.9 Å². The molecule has 1 heterocycles. The lowest BCUT2D eigenvalue weighted by Crippen LogP contribution is -2.49. The number of rotatable bonds is 2. The molecule has 0 aliphatic carbocycles. The van der Waals surface area contributed by atoms with E-state index >= 15 is 0 Å². The molecule has 1 aromatic rings. The molecule has 0 radical (unpaired) electrons. The zero-order chi connectivity index (χ0) is 13.3. The maximum absolute atomic E-state index is 13.6. The number of carbonyl (C=O) groups excluding carboxylic acids is 1. The molecule has 0 spiro atoms. The third-order valence-electron chi connectivity index (χ3n) is 2.71. The van der Waals surface area contributed by atoms with Gasteiger partial charge < -0.3 is 5.32 Å². The standard InChI is InChI=1S/C11H13FN2O3S/c1-8-2-3-9(12)10(6-8)18(16,17)14-5-4-13-11(15)7-14/h2-3,6H,4-5,7H2,1H3,(H,13,15). The molecule has 98 valence electrons. The smallest absolute Gasteiger partial charge is 0.246 e. The van der Waals surface area contributed by atoms with Gasteiger partial charge in [-0.1, -0.05) is 6.07 Å². The normalized spacial score (nSPS) is 17.6. The molecule has 1 amide bonds. The fourth-order valence-electron chi connectivity index (χ4n) is 1.77. The number of hydrogen-bond donors (Lipinski definition) is 1. The largest absolute Gasteiger partial charge is 0.354 e. The highest BCUT2D eigenvalue weighted by molar-refractivity contribution is 7.89. The van der Waals surface area contributed by atoms with Crippen LogP contribution in [-0.4, -0.2) is 38.3 Å². The Labute approximate surface area is 105 Å². The molecule has 0 unspecified atom stereocenters. The van der Waals surface area contributed by atoms with Gasteiger partial charge in [0.1, 0.15) is 10.7 Å². The van der Waals surface area contributed by atoms with Crippen LogP contribution in [0.25, 0.3) is 0 Å². The van der Waals surface area contributed by atoms with Gasteiger partial charge in [-0.2, -0.15) is 4.31 Å². The van der Waals surface area contributed by atoms with E-state index in [4.69, 9.17) is 0 Å². The summed E-state index contributed by atoms with van der Waals surface area (Å²) in [5.74, 6) is -1.18. The van der Waals surface area contributed by atoms with Crippen LogP contribution in [0.1, 0.15) is 5.56 Å². The molecule has 18 heavy (non-hydrogen) atoms. The Balaban J connectivity index is 2.41. The summed E-state index contributed by atoms with van der Waals surface area (Å²) in [6.07, 6.45) is 0. The quantitative estimate of drug-likeness (QED) is 0.839. The molecule has 1 aromatic carbocycles. The fraction of sp³-hybridized carbons (Fsp3) is 0.364. The van der Waals surface area contributed by atoms with Gasteiger partial charge in [-0.25, -0.2) is 12.8 Å². The first-order valence-corrected chi connectivity index (χ1v) is 6.88. The maximum Gasteiger partial charge on any atom is 0.246 e. The van der Waals surface area contributed by atoms with E-state index in [1.54, 1.807) is 6.92 Å². The monoisotopic (exact) mass is 272 g/mol. The molecule has 5 nitrogen and oxygen atoms in total. The number of aryl methyl sites for hydroxylation is 1. The van der Waals surface area contributed by atoms with E-state index in [1.807, 2.05) is 0 Å². The van der Waals surface area contributed by atoms with Crippen LogP contribution in [0.15, 0.2) is 23.1 Å². The molecule has 0 bridgehead atoms. The molecule has 7 heteroatoms. The predicted octanol–water partition coefficient (Wildman–Crippen LogP) is 0.255. The number of benzene rings is 1. The lowest BCUT2D eigenvalue weighted by Gasteiger charge is -2.26. The second-order valence-electron chi connectivity index (χ2n) is 4.12. The molecule has 0 aromatic heterocycles. The molecule has 2 rings (SSSR count). The molecular weight excluding hydrogens is 259 g/mol. The summed E-state index contributed by atoms with van der Waals surface area (Å²) in [6, 6.07) is 3.89. The summed E-state index contributed by atoms with van der Waals surface area (Å²) < 4.78 is 39.0. The number of amides is 1. The molecule has 1 fully saturated rings. The van der Waals surface area contributed by atoms with E-state index in [2.05, 4.69) is 5.32 Å². The Bertz CT molecular complexity index is 586. The number of carbonyl (C=O) groups is 1. The van der Waals surface area contributed by atoms with Crippen molar-refractivity contribution in [2.75, 3.05) is 19.6 Å². The highest BCUT2D eigenvalue weighted by atomic mass is 32.2. The third-order valence-corrected chi connectivity index (χ3v) is 4.57. The van der Waals surface area contributed by atoms with Crippen molar-refractivity contribution in [1.82, 2.24) is 9.62 Å². The summed E-state index contributed by atoms with van der Waals surface area (Å²) in [4.78, 5) is 10.8. The number of halogens is 1. The van der Waals surface area contributed by atoms with Gasteiger partial charge in [0.25, 0.3) is 0 Å². The van der Waals surface area contributed by atoms with Crippen LogP contribution < -0.4 is 5.32 Å². The zero-order valence-corrected chi connectivity index (χ0v) is 10.6. The number of piperazine rings is 1. The topological polar surface area (TPSA) is 66.5 Å². The number of nitrogens with zero attached hydrogens (tertiary/aromatic N) is 1. The second-order valence-corrected chi connectivity index (χ2v) is 6.03. The summed E-state index contributed by atoms with van der Waals surface area (Å²) in [7, 11) is -3.95. The van der Waals surface area contributed by atoms with Gasteiger partial charge in [-0.15, -0.1) is 0 Å². The van der Waals surface area contributed by atoms with Crippen LogP contribution in [0, 0.1) is 12.7 Å². The van der Waals surface area contributed by atoms with Gasteiger partial charge in [0, 0.05) is 13.1 Å². The van der Waals surface area contributed by atoms with Crippen LogP contribution in [-0.2, 0) is 14.8 Å². The van der Waals surface area contributed by atoms with Crippen LogP contribution >= 0.6 is 0 Å². The maximum atomic E-state index is 13.6. The molecule has 1 aliphatic heterocycles. The summed E-state index contributed by atoms with van der Waals surface area (Å²) in [5.41, 5.74) is 0.649. The van der Waals surface area contributed by atoms with Crippen LogP contribution in [0.5, 0.6) is 0 Å². The first-order chi connectivity index (χ1) is 8.41. The highest BCUT2D eigenvalue weighted by Gasteiger charge is 2.31. The molecule has 1 N–H and O–H groups in total. The van der Waals surface area contributed by atoms with E-state index in [-0.39, 0.29) is 30.4 Å². The lowest BCUT2D eigenvalue weighted by atomic mass is 10.2. The summed E-state index contributed by atoms with van der Waals surface area (Å²) in [6.45, 7) is 1.81. The van der Waals surface area contributed by atoms with E-state index < -0.39 is 15.8 Å². The molecule has 0 atom stereocenters. The van der Waals surface area contributed by atoms with E-state index in [1.165, 1.54) is 12.1 Å². The minimum Gasteiger partial charge on any atom is -0.354 e. The van der Waals surface area contributed by atoms with Crippen molar-refractivity contribution < 1.29 is 17.6 Å². The van der Waals surface area contributed by atoms with Gasteiger partial charge in [-0.05, 0) is 24.6 Å². The number of hydrogen-bond acceptors (Lipinski definition) is 3. The minimum atomic E-state index is -3.95. The van der Waals surface area contributed by atoms with Crippen molar-refractivity contribution in [3.05, 3.63) is 29.6 Å². The van der Waals surface area contributed by atoms with Crippen LogP contribution in [0.3, 0.4) is 0 Å². The van der Waals surface area contributed by atoms with Crippen molar-refractivity contribution >= 4 is 15.9 Å². The molecule has 0 saturated carbocycles. The third kappa shape index (κ3) is 2.37. The first-order valence-electron chi connectivity index (χ1n) is 5.44. The second kappa shape index (κ2) is 4.66. The van der Waals surface area contributed by atoms with Gasteiger partial charge in [0.15, 0.2) is 0 Å². The highest BCUT2D eigenvalue weighted by Crippen LogP contribution is 2.20. The van der Waals surface area contributed by atoms with Crippen LogP contribution in [0.4, 0.5) is 4.39 Å². The van der Waals surface area contributed by atoms with E-state index in [0.29, 0.717) is 5.56 Å². The van der Waals surface area contributed by atoms with Crippen LogP contribution in [0.2, 0.25) is 0 Å². The Morgan fingerprint density at radius 3 is 2.78 bits per heavy atom. The minimum absolute atomic E-state index is 0.154. The van der Waals surface area contributed by atoms with E-state index in [9.17, 15) is 17.6 Å². The van der Waals surface area contributed by atoms with Crippen molar-refractivity contribution in [3.8, 4) is 0 Å². The lowest BCUT2D eigenvalue weighted by molar-refractivity contribution is -0.122. The zero-order valence-electron chi connectivity index (χ0n) is 9.81. The Morgan fingerprint density at radius 1 is 1.39 bits per heavy atom. The number of sulfonamides is 1. The van der Waals surface area contributed by atoms with Gasteiger partial charge in [-0.3, -0.25) is 4.79 Å². The Kier molecular flexibility index (Phi) is 3.36. The molecule has 1 saturated heterocycles. The SMILES string of the molecule is Cc1ccc(F)c(S(=O)(=O)N2CCNC(=O)C2)c1. The molecule has 1 aliphatic rings. The number of nitrogens with one attached hydrogen (secondary N) is 1.